The second kappa shape index (κ2) is 13.4. The molecule has 0 aromatic heterocycles. The number of hydrogen-bond donors (Lipinski definition) is 11. The Kier molecular flexibility index (Phi) is 11.0. The summed E-state index contributed by atoms with van der Waals surface area (Å²) >= 11 is 0. The third-order valence-corrected chi connectivity index (χ3v) is 7.27. The summed E-state index contributed by atoms with van der Waals surface area (Å²) < 4.78 is 23.0. The molecule has 2 saturated heterocycles. The predicted molar refractivity (Wildman–Crippen MR) is 131 cm³/mol. The van der Waals surface area contributed by atoms with Crippen molar-refractivity contribution >= 4 is 5.91 Å². The Hall–Kier alpha value is -1.51. The molecule has 3 rings (SSSR count). The van der Waals surface area contributed by atoms with E-state index in [0.717, 1.165) is 0 Å². The van der Waals surface area contributed by atoms with Gasteiger partial charge in [-0.15, -0.1) is 0 Å². The van der Waals surface area contributed by atoms with Crippen LogP contribution in [0.5, 0.6) is 0 Å². The number of ether oxygens (including phenoxy) is 4. The van der Waals surface area contributed by atoms with Crippen LogP contribution < -0.4 is 22.5 Å². The van der Waals surface area contributed by atoms with Gasteiger partial charge in [0.05, 0.1) is 30.9 Å². The predicted octanol–water partition coefficient (Wildman–Crippen LogP) is -5.82. The van der Waals surface area contributed by atoms with Crippen molar-refractivity contribution in [3.05, 3.63) is 11.8 Å². The minimum Gasteiger partial charge on any atom is -0.464 e. The molecule has 1 aliphatic carbocycles. The number of nitrogens with one attached hydrogen (secondary N) is 1. The van der Waals surface area contributed by atoms with Crippen molar-refractivity contribution in [2.24, 2.45) is 17.2 Å². The zero-order valence-electron chi connectivity index (χ0n) is 21.7. The van der Waals surface area contributed by atoms with Crippen molar-refractivity contribution in [1.82, 2.24) is 5.32 Å². The van der Waals surface area contributed by atoms with Crippen LogP contribution in [0.15, 0.2) is 11.8 Å². The number of carbonyl (C=O) groups excluding carboxylic acids is 1. The Morgan fingerprint density at radius 3 is 2.51 bits per heavy atom. The molecular formula is C23H42N4O12. The van der Waals surface area contributed by atoms with Crippen LogP contribution in [0.25, 0.3) is 0 Å². The Balaban J connectivity index is 1.86. The monoisotopic (exact) mass is 566 g/mol. The lowest BCUT2D eigenvalue weighted by molar-refractivity contribution is -0.358. The van der Waals surface area contributed by atoms with Crippen molar-refractivity contribution in [2.75, 3.05) is 19.7 Å². The molecule has 0 saturated carbocycles. The van der Waals surface area contributed by atoms with Gasteiger partial charge in [0.15, 0.2) is 5.79 Å². The summed E-state index contributed by atoms with van der Waals surface area (Å²) in [7, 11) is 0. The topological polar surface area (TPSA) is 286 Å². The largest absolute Gasteiger partial charge is 0.464 e. The summed E-state index contributed by atoms with van der Waals surface area (Å²) in [5.41, 5.74) is 17.0. The number of carbonyl (C=O) groups is 1. The third-order valence-electron chi connectivity index (χ3n) is 7.27. The molecule has 2 aliphatic heterocycles. The van der Waals surface area contributed by atoms with Crippen molar-refractivity contribution < 1.29 is 59.5 Å². The van der Waals surface area contributed by atoms with E-state index in [9.17, 15) is 40.5 Å². The summed E-state index contributed by atoms with van der Waals surface area (Å²) in [6.45, 7) is 0.633. The van der Waals surface area contributed by atoms with Gasteiger partial charge in [0.25, 0.3) is 0 Å². The van der Waals surface area contributed by atoms with Gasteiger partial charge >= 0.3 is 0 Å². The van der Waals surface area contributed by atoms with Crippen LogP contribution in [-0.4, -0.2) is 140 Å². The van der Waals surface area contributed by atoms with Crippen LogP contribution in [0.4, 0.5) is 0 Å². The van der Waals surface area contributed by atoms with Crippen LogP contribution >= 0.6 is 0 Å². The van der Waals surface area contributed by atoms with Gasteiger partial charge in [0, 0.05) is 13.0 Å². The number of hydrogen-bond acceptors (Lipinski definition) is 15. The number of aliphatic hydroxyl groups excluding tert-OH is 7. The van der Waals surface area contributed by atoms with Gasteiger partial charge in [0.1, 0.15) is 48.5 Å². The average molecular weight is 567 g/mol. The smallest absolute Gasteiger partial charge is 0.249 e. The van der Waals surface area contributed by atoms with E-state index in [0.29, 0.717) is 0 Å². The molecule has 12 unspecified atom stereocenters. The van der Waals surface area contributed by atoms with Crippen LogP contribution in [0, 0.1) is 0 Å². The van der Waals surface area contributed by atoms with Gasteiger partial charge in [0.2, 0.25) is 12.2 Å². The lowest BCUT2D eigenvalue weighted by Crippen LogP contribution is -2.69. The van der Waals surface area contributed by atoms with Gasteiger partial charge in [-0.1, -0.05) is 0 Å². The maximum absolute atomic E-state index is 12.6. The molecule has 16 heteroatoms. The first kappa shape index (κ1) is 32.0. The fourth-order valence-corrected chi connectivity index (χ4v) is 4.91. The Bertz CT molecular complexity index is 852. The number of rotatable bonds is 10. The van der Waals surface area contributed by atoms with Gasteiger partial charge in [-0.3, -0.25) is 4.79 Å². The first-order chi connectivity index (χ1) is 18.4. The first-order valence-corrected chi connectivity index (χ1v) is 12.9. The van der Waals surface area contributed by atoms with Crippen molar-refractivity contribution in [3.8, 4) is 0 Å². The van der Waals surface area contributed by atoms with E-state index < -0.39 is 91.6 Å². The highest BCUT2D eigenvalue weighted by Gasteiger charge is 2.54. The molecule has 0 aromatic rings. The highest BCUT2D eigenvalue weighted by Crippen LogP contribution is 2.36. The molecule has 0 radical (unpaired) electrons. The number of amides is 1. The molecule has 0 aromatic carbocycles. The fraction of sp³-hybridized carbons (Fsp3) is 0.870. The molecule has 39 heavy (non-hydrogen) atoms. The lowest BCUT2D eigenvalue weighted by Gasteiger charge is -2.50. The fourth-order valence-electron chi connectivity index (χ4n) is 4.91. The summed E-state index contributed by atoms with van der Waals surface area (Å²) in [6.07, 6.45) is -11.8. The molecule has 13 atom stereocenters. The quantitative estimate of drug-likeness (QED) is 0.117. The van der Waals surface area contributed by atoms with E-state index in [2.05, 4.69) is 5.32 Å². The van der Waals surface area contributed by atoms with Crippen LogP contribution in [-0.2, 0) is 23.7 Å². The SMILES string of the molecule is CC1(OC2C(NC(=O)[C@@H](O)CCN)CC=C(OC3OC(CN)C(O)CC3O)C2O)OC(CO)C(O)C(N)C1O. The highest BCUT2D eigenvalue weighted by atomic mass is 16.7. The minimum absolute atomic E-state index is 0.00577. The lowest BCUT2D eigenvalue weighted by atomic mass is 9.89. The normalized spacial score (nSPS) is 43.9. The zero-order valence-corrected chi connectivity index (χ0v) is 21.7. The van der Waals surface area contributed by atoms with Crippen LogP contribution in [0.2, 0.25) is 0 Å². The van der Waals surface area contributed by atoms with Crippen LogP contribution in [0.3, 0.4) is 0 Å². The second-order valence-corrected chi connectivity index (χ2v) is 10.2. The Morgan fingerprint density at radius 1 is 1.21 bits per heavy atom. The summed E-state index contributed by atoms with van der Waals surface area (Å²) in [6, 6.07) is -2.29. The van der Waals surface area contributed by atoms with Gasteiger partial charge < -0.3 is 77.2 Å². The third kappa shape index (κ3) is 7.05. The molecular weight excluding hydrogens is 524 g/mol. The first-order valence-electron chi connectivity index (χ1n) is 12.9. The van der Waals surface area contributed by atoms with Gasteiger partial charge in [-0.2, -0.15) is 0 Å². The Morgan fingerprint density at radius 2 is 1.90 bits per heavy atom. The van der Waals surface area contributed by atoms with Crippen molar-refractivity contribution in [2.45, 2.75) is 105 Å². The van der Waals surface area contributed by atoms with Crippen LogP contribution in [0.1, 0.15) is 26.2 Å². The molecule has 16 nitrogen and oxygen atoms in total. The van der Waals surface area contributed by atoms with E-state index in [1.165, 1.54) is 13.0 Å². The summed E-state index contributed by atoms with van der Waals surface area (Å²) in [4.78, 5) is 12.6. The zero-order chi connectivity index (χ0) is 29.1. The number of nitrogens with two attached hydrogens (primary N) is 3. The standard InChI is InChI=1S/C23H42N4O12/c1-23(20(34)16(26)17(32)15(8-28)38-23)39-19-9(27-21(35)10(29)4-5-24)2-3-13(18(19)33)36-22-12(31)6-11(30)14(7-25)37-22/h3,9-12,14-20,22,28-34H,2,4-8,24-26H2,1H3,(H,27,35)/t9?,10-,11?,12?,14?,15?,16?,17?,18?,19?,20?,22?,23?/m0/s1. The van der Waals surface area contributed by atoms with E-state index in [4.69, 9.17) is 36.1 Å². The van der Waals surface area contributed by atoms with E-state index in [1.807, 2.05) is 0 Å². The summed E-state index contributed by atoms with van der Waals surface area (Å²) in [5.74, 6) is -2.87. The molecule has 2 heterocycles. The molecule has 226 valence electrons. The van der Waals surface area contributed by atoms with Crippen molar-refractivity contribution in [3.63, 3.8) is 0 Å². The molecule has 1 amide bonds. The summed E-state index contributed by atoms with van der Waals surface area (Å²) in [5, 5.41) is 75.0. The molecule has 0 bridgehead atoms. The maximum Gasteiger partial charge on any atom is 0.249 e. The maximum atomic E-state index is 12.6. The van der Waals surface area contributed by atoms with E-state index in [-0.39, 0.29) is 38.1 Å². The van der Waals surface area contributed by atoms with E-state index in [1.54, 1.807) is 0 Å². The van der Waals surface area contributed by atoms with Gasteiger partial charge in [-0.25, -0.2) is 0 Å². The molecule has 0 spiro atoms. The molecule has 2 fully saturated rings. The Labute approximate surface area is 225 Å². The molecule has 14 N–H and O–H groups in total. The number of aliphatic hydroxyl groups is 7. The van der Waals surface area contributed by atoms with E-state index >= 15 is 0 Å². The average Bonchev–Trinajstić information content (AvgIpc) is 2.90. The minimum atomic E-state index is -1.98. The highest BCUT2D eigenvalue weighted by molar-refractivity contribution is 5.80. The molecule has 3 aliphatic rings. The second-order valence-electron chi connectivity index (χ2n) is 10.2. The van der Waals surface area contributed by atoms with Crippen molar-refractivity contribution in [1.29, 1.82) is 0 Å². The van der Waals surface area contributed by atoms with Gasteiger partial charge in [-0.05, 0) is 32.4 Å².